The van der Waals surface area contributed by atoms with E-state index < -0.39 is 59.0 Å². The van der Waals surface area contributed by atoms with Crippen LogP contribution < -0.4 is 4.74 Å². The molecule has 1 amide bonds. The number of methoxy groups -OCH3 is 1. The zero-order valence-electron chi connectivity index (χ0n) is 26.5. The summed E-state index contributed by atoms with van der Waals surface area (Å²) in [4.78, 5) is 30.9. The Balaban J connectivity index is 1.36. The lowest BCUT2D eigenvalue weighted by molar-refractivity contribution is -0.138. The summed E-state index contributed by atoms with van der Waals surface area (Å²) >= 11 is 0. The van der Waals surface area contributed by atoms with E-state index in [1.807, 2.05) is 0 Å². The van der Waals surface area contributed by atoms with Gasteiger partial charge in [-0.2, -0.15) is 26.3 Å². The number of hydrogen-bond donors (Lipinski definition) is 1. The minimum atomic E-state index is -4.87. The molecule has 3 aromatic carbocycles. The highest BCUT2D eigenvalue weighted by Crippen LogP contribution is 2.71. The fourth-order valence-electron chi connectivity index (χ4n) is 7.88. The van der Waals surface area contributed by atoms with Crippen molar-refractivity contribution in [1.29, 1.82) is 0 Å². The molecule has 50 heavy (non-hydrogen) atoms. The fraction of sp³-hybridized carbons (Fsp3) is 0.306. The number of aromatic nitrogens is 1. The largest absolute Gasteiger partial charge is 0.481 e. The Labute approximate surface area is 280 Å². The Kier molecular flexibility index (Phi) is 7.47. The van der Waals surface area contributed by atoms with Gasteiger partial charge >= 0.3 is 24.4 Å². The van der Waals surface area contributed by atoms with Crippen molar-refractivity contribution >= 4 is 12.1 Å². The molecule has 4 atom stereocenters. The van der Waals surface area contributed by atoms with Crippen molar-refractivity contribution in [1.82, 2.24) is 9.88 Å². The summed E-state index contributed by atoms with van der Waals surface area (Å²) in [7, 11) is 1.34. The van der Waals surface area contributed by atoms with E-state index in [-0.39, 0.29) is 46.0 Å². The van der Waals surface area contributed by atoms with Gasteiger partial charge in [0.05, 0.1) is 35.4 Å². The normalized spacial score (nSPS) is 22.6. The molecular weight excluding hydrogens is 673 g/mol. The molecule has 2 saturated heterocycles. The van der Waals surface area contributed by atoms with Gasteiger partial charge in [-0.05, 0) is 115 Å². The Hall–Kier alpha value is -5.14. The Morgan fingerprint density at radius 2 is 1.64 bits per heavy atom. The zero-order valence-corrected chi connectivity index (χ0v) is 26.5. The molecule has 1 saturated carbocycles. The number of piperidine rings is 1. The number of halogens is 7. The highest BCUT2D eigenvalue weighted by molar-refractivity contribution is 5.90. The van der Waals surface area contributed by atoms with E-state index in [4.69, 9.17) is 9.47 Å². The van der Waals surface area contributed by atoms with Crippen molar-refractivity contribution in [3.8, 4) is 28.1 Å². The van der Waals surface area contributed by atoms with Crippen molar-refractivity contribution in [2.45, 2.75) is 56.7 Å². The molecule has 0 radical (unpaired) electrons. The van der Waals surface area contributed by atoms with Crippen molar-refractivity contribution in [3.05, 3.63) is 106 Å². The molecule has 3 fully saturated rings. The van der Waals surface area contributed by atoms with Gasteiger partial charge in [0, 0.05) is 17.3 Å². The quantitative estimate of drug-likeness (QED) is 0.202. The summed E-state index contributed by atoms with van der Waals surface area (Å²) in [5, 5.41) is 9.50. The molecule has 3 aliphatic rings. The van der Waals surface area contributed by atoms with Gasteiger partial charge in [-0.15, -0.1) is 0 Å². The van der Waals surface area contributed by atoms with Crippen molar-refractivity contribution in [2.75, 3.05) is 7.11 Å². The molecule has 2 unspecified atom stereocenters. The second-order valence-electron chi connectivity index (χ2n) is 12.9. The fourth-order valence-corrected chi connectivity index (χ4v) is 7.88. The predicted octanol–water partition coefficient (Wildman–Crippen LogP) is 9.31. The third-order valence-corrected chi connectivity index (χ3v) is 9.95. The lowest BCUT2D eigenvalue weighted by Crippen LogP contribution is -2.36. The maximum absolute atomic E-state index is 14.5. The zero-order chi connectivity index (χ0) is 36.1. The summed E-state index contributed by atoms with van der Waals surface area (Å²) in [5.41, 5.74) is -0.520. The molecule has 4 aromatic rings. The number of carboxylic acid groups (broad SMARTS) is 1. The average Bonchev–Trinajstić information content (AvgIpc) is 3.51. The average molecular weight is 701 g/mol. The number of ether oxygens (including phenoxy) is 2. The number of alkyl halides is 6. The van der Waals surface area contributed by atoms with Crippen LogP contribution in [0.15, 0.2) is 60.8 Å². The van der Waals surface area contributed by atoms with Crippen molar-refractivity contribution in [2.24, 2.45) is 5.92 Å². The van der Waals surface area contributed by atoms with Gasteiger partial charge in [0.15, 0.2) is 6.10 Å². The van der Waals surface area contributed by atoms with Gasteiger partial charge in [-0.25, -0.2) is 19.0 Å². The van der Waals surface area contributed by atoms with Crippen LogP contribution in [0.2, 0.25) is 0 Å². The summed E-state index contributed by atoms with van der Waals surface area (Å²) in [6.07, 6.45) is -9.89. The number of pyridine rings is 1. The first-order valence-corrected chi connectivity index (χ1v) is 15.4. The summed E-state index contributed by atoms with van der Waals surface area (Å²) in [5.74, 6) is -2.58. The van der Waals surface area contributed by atoms with Crippen LogP contribution in [0.3, 0.4) is 0 Å². The lowest BCUT2D eigenvalue weighted by atomic mass is 9.89. The van der Waals surface area contributed by atoms with E-state index in [9.17, 15) is 45.4 Å². The summed E-state index contributed by atoms with van der Waals surface area (Å²) in [6, 6.07) is 8.69. The molecule has 260 valence electrons. The minimum absolute atomic E-state index is 0.0615. The molecule has 7 nitrogen and oxygen atoms in total. The standard InChI is InChI=1S/C36H27F7N2O5/c1-16-6-19(32(46)47)7-17(2)29(16)20-10-27(31(49-3)44-15-20)25-5-4-21(35(38,39)40)12-26(25)28-13-23-14-34(23)30(50-33(48)45(28)34)18-8-22(36(41,42)43)11-24(37)9-18/h4-12,15,23,28,30H,13-14H2,1-3H3,(H,46,47)/t23?,28-,30+,34?/m0/s1. The Morgan fingerprint density at radius 1 is 0.960 bits per heavy atom. The second kappa shape index (κ2) is 11.2. The van der Waals surface area contributed by atoms with Gasteiger partial charge in [0.2, 0.25) is 5.88 Å². The number of aromatic carboxylic acids is 1. The SMILES string of the molecule is COc1ncc(-c2c(C)cc(C(=O)O)cc2C)cc1-c1ccc(C(F)(F)F)cc1[C@@H]1CC2CC23[C@@H](c2cc(F)cc(C(F)(F)F)c2)OC(=O)N13. The van der Waals surface area contributed by atoms with Crippen LogP contribution in [0.1, 0.15) is 68.7 Å². The number of carbonyl (C=O) groups is 2. The predicted molar refractivity (Wildman–Crippen MR) is 164 cm³/mol. The van der Waals surface area contributed by atoms with Crippen LogP contribution in [0.25, 0.3) is 22.3 Å². The third kappa shape index (κ3) is 5.23. The van der Waals surface area contributed by atoms with Crippen LogP contribution in [0.5, 0.6) is 5.88 Å². The second-order valence-corrected chi connectivity index (χ2v) is 12.9. The van der Waals surface area contributed by atoms with E-state index in [2.05, 4.69) is 4.98 Å². The van der Waals surface area contributed by atoms with E-state index in [0.29, 0.717) is 34.7 Å². The number of carboxylic acids is 1. The number of rotatable bonds is 6. The first-order chi connectivity index (χ1) is 23.4. The number of nitrogens with zero attached hydrogens (tertiary/aromatic N) is 2. The van der Waals surface area contributed by atoms with Crippen molar-refractivity contribution < 1.29 is 54.9 Å². The molecule has 1 spiro atoms. The van der Waals surface area contributed by atoms with Crippen LogP contribution in [0, 0.1) is 25.6 Å². The molecule has 2 aliphatic heterocycles. The highest BCUT2D eigenvalue weighted by Gasteiger charge is 2.76. The minimum Gasteiger partial charge on any atom is -0.481 e. The number of cyclic esters (lactones) is 1. The molecule has 7 rings (SSSR count). The lowest BCUT2D eigenvalue weighted by Gasteiger charge is -2.29. The van der Waals surface area contributed by atoms with Crippen LogP contribution >= 0.6 is 0 Å². The summed E-state index contributed by atoms with van der Waals surface area (Å²) in [6.45, 7) is 3.44. The van der Waals surface area contributed by atoms with Gasteiger partial charge in [0.1, 0.15) is 5.82 Å². The van der Waals surface area contributed by atoms with E-state index >= 15 is 0 Å². The van der Waals surface area contributed by atoms with Gasteiger partial charge in [0.25, 0.3) is 0 Å². The number of benzene rings is 3. The maximum atomic E-state index is 14.5. The van der Waals surface area contributed by atoms with E-state index in [1.165, 1.54) is 36.4 Å². The number of amides is 1. The van der Waals surface area contributed by atoms with E-state index in [1.54, 1.807) is 19.9 Å². The Morgan fingerprint density at radius 3 is 2.26 bits per heavy atom. The van der Waals surface area contributed by atoms with Crippen LogP contribution in [0.4, 0.5) is 35.5 Å². The maximum Gasteiger partial charge on any atom is 0.416 e. The molecule has 14 heteroatoms. The molecule has 3 heterocycles. The van der Waals surface area contributed by atoms with Crippen LogP contribution in [-0.2, 0) is 17.1 Å². The first-order valence-electron chi connectivity index (χ1n) is 15.4. The molecule has 0 bridgehead atoms. The number of aryl methyl sites for hydroxylation is 2. The number of hydrogen-bond acceptors (Lipinski definition) is 5. The topological polar surface area (TPSA) is 89.0 Å². The monoisotopic (exact) mass is 700 g/mol. The van der Waals surface area contributed by atoms with E-state index in [0.717, 1.165) is 24.3 Å². The summed E-state index contributed by atoms with van der Waals surface area (Å²) < 4.78 is 109. The van der Waals surface area contributed by atoms with Crippen LogP contribution in [-0.4, -0.2) is 39.7 Å². The molecule has 1 aliphatic carbocycles. The van der Waals surface area contributed by atoms with Gasteiger partial charge in [-0.1, -0.05) is 6.07 Å². The molecule has 1 N–H and O–H groups in total. The number of carbonyl (C=O) groups excluding carboxylic acids is 1. The third-order valence-electron chi connectivity index (χ3n) is 9.95. The van der Waals surface area contributed by atoms with Gasteiger partial charge < -0.3 is 14.6 Å². The Bertz CT molecular complexity index is 2070. The van der Waals surface area contributed by atoms with Gasteiger partial charge in [-0.3, -0.25) is 4.90 Å². The van der Waals surface area contributed by atoms with Crippen molar-refractivity contribution in [3.63, 3.8) is 0 Å². The molecule has 1 aromatic heterocycles. The first kappa shape index (κ1) is 33.4. The molecular formula is C36H27F7N2O5. The smallest absolute Gasteiger partial charge is 0.416 e. The highest BCUT2D eigenvalue weighted by atomic mass is 19.4.